The van der Waals surface area contributed by atoms with E-state index in [0.29, 0.717) is 41.3 Å². The van der Waals surface area contributed by atoms with Crippen LogP contribution in [-0.4, -0.2) is 62.9 Å². The number of methoxy groups -OCH3 is 1. The van der Waals surface area contributed by atoms with Gasteiger partial charge < -0.3 is 23.5 Å². The zero-order valence-electron chi connectivity index (χ0n) is 27.3. The van der Waals surface area contributed by atoms with E-state index in [1.165, 1.54) is 5.56 Å². The molecule has 0 amide bonds. The summed E-state index contributed by atoms with van der Waals surface area (Å²) < 4.78 is 50.7. The number of likely N-dealkylation sites (N-methyl/N-ethyl adjacent to an activating group) is 1. The van der Waals surface area contributed by atoms with Crippen LogP contribution in [0.5, 0.6) is 28.7 Å². The Labute approximate surface area is 276 Å². The van der Waals surface area contributed by atoms with Crippen LogP contribution in [-0.2, 0) is 29.5 Å². The van der Waals surface area contributed by atoms with Gasteiger partial charge in [0.2, 0.25) is 6.79 Å². The van der Waals surface area contributed by atoms with Crippen molar-refractivity contribution < 1.29 is 31.9 Å². The molecule has 10 heteroatoms. The van der Waals surface area contributed by atoms with E-state index in [4.69, 9.17) is 18.4 Å². The number of hydrogen-bond acceptors (Lipinski definition) is 9. The van der Waals surface area contributed by atoms with Crippen molar-refractivity contribution in [2.45, 2.75) is 63.2 Å². The average Bonchev–Trinajstić information content (AvgIpc) is 3.51. The van der Waals surface area contributed by atoms with E-state index in [9.17, 15) is 13.5 Å². The van der Waals surface area contributed by atoms with E-state index in [0.717, 1.165) is 35.2 Å². The lowest BCUT2D eigenvalue weighted by atomic mass is 9.78. The second-order valence-corrected chi connectivity index (χ2v) is 14.4. The highest BCUT2D eigenvalue weighted by molar-refractivity contribution is 7.87. The van der Waals surface area contributed by atoms with Gasteiger partial charge in [-0.3, -0.25) is 9.80 Å². The molecule has 1 fully saturated rings. The molecule has 3 heterocycles. The highest BCUT2D eigenvalue weighted by atomic mass is 32.2. The molecule has 1 saturated heterocycles. The number of rotatable bonds is 8. The first-order chi connectivity index (χ1) is 22.6. The molecule has 0 aliphatic carbocycles. The van der Waals surface area contributed by atoms with Gasteiger partial charge in [-0.15, -0.1) is 0 Å². The summed E-state index contributed by atoms with van der Waals surface area (Å²) in [6.45, 7) is 7.19. The minimum absolute atomic E-state index is 0.0424. The summed E-state index contributed by atoms with van der Waals surface area (Å²) in [7, 11) is -0.476. The molecule has 7 rings (SSSR count). The number of phenols is 1. The summed E-state index contributed by atoms with van der Waals surface area (Å²) in [5, 5.41) is 11.7. The Bertz CT molecular complexity index is 1930. The normalized spacial score (nSPS) is 20.6. The molecule has 47 heavy (non-hydrogen) atoms. The molecule has 3 atom stereocenters. The lowest BCUT2D eigenvalue weighted by Crippen LogP contribution is -2.61. The number of aryl methyl sites for hydroxylation is 2. The van der Waals surface area contributed by atoms with Gasteiger partial charge in [0, 0.05) is 41.9 Å². The molecular weight excluding hydrogens is 616 g/mol. The zero-order valence-corrected chi connectivity index (χ0v) is 28.1. The van der Waals surface area contributed by atoms with Gasteiger partial charge in [0.05, 0.1) is 13.2 Å². The van der Waals surface area contributed by atoms with Gasteiger partial charge in [0.15, 0.2) is 28.7 Å². The van der Waals surface area contributed by atoms with Crippen molar-refractivity contribution in [3.8, 4) is 28.7 Å². The van der Waals surface area contributed by atoms with Crippen LogP contribution in [0.1, 0.15) is 45.0 Å². The Kier molecular flexibility index (Phi) is 8.06. The first-order valence-corrected chi connectivity index (χ1v) is 17.3. The van der Waals surface area contributed by atoms with Crippen LogP contribution in [0.25, 0.3) is 0 Å². The van der Waals surface area contributed by atoms with Gasteiger partial charge in [-0.1, -0.05) is 54.1 Å². The van der Waals surface area contributed by atoms with Crippen molar-refractivity contribution >= 4 is 10.1 Å². The lowest BCUT2D eigenvalue weighted by molar-refractivity contribution is -0.0228. The van der Waals surface area contributed by atoms with Crippen LogP contribution in [0.2, 0.25) is 0 Å². The molecule has 0 unspecified atom stereocenters. The van der Waals surface area contributed by atoms with Crippen molar-refractivity contribution in [1.29, 1.82) is 0 Å². The van der Waals surface area contributed by atoms with Crippen molar-refractivity contribution in [2.75, 3.05) is 27.5 Å². The van der Waals surface area contributed by atoms with Crippen molar-refractivity contribution in [1.82, 2.24) is 9.80 Å². The summed E-state index contributed by atoms with van der Waals surface area (Å²) in [6, 6.07) is 20.8. The van der Waals surface area contributed by atoms with Gasteiger partial charge in [-0.2, -0.15) is 8.42 Å². The summed E-state index contributed by atoms with van der Waals surface area (Å²) >= 11 is 0. The van der Waals surface area contributed by atoms with E-state index in [1.807, 2.05) is 38.1 Å². The molecule has 2 bridgehead atoms. The van der Waals surface area contributed by atoms with Crippen molar-refractivity contribution in [3.05, 3.63) is 106 Å². The monoisotopic (exact) mass is 656 g/mol. The molecule has 3 aliphatic heterocycles. The van der Waals surface area contributed by atoms with Crippen molar-refractivity contribution in [3.63, 3.8) is 0 Å². The molecule has 4 aromatic rings. The number of fused-ring (bicyclic) bond motifs is 5. The standard InChI is InChI=1S/C37H40N2O7S/c1-22-11-13-29(14-12-22)47(41,42)46-36-24(3)37-31(44-21-45-37)18-27(36)17-30-33-32-26(15-23(2)35(43-5)34(32)40)16-28(38(33)4)20-39(30)19-25-9-7-6-8-10-25/h6-15,18,28,30,33,40H,16-17,19-21H2,1-5H3/t28-,30-,33-/m0/s1. The smallest absolute Gasteiger partial charge is 0.339 e. The van der Waals surface area contributed by atoms with Crippen LogP contribution in [0.3, 0.4) is 0 Å². The van der Waals surface area contributed by atoms with Crippen LogP contribution >= 0.6 is 0 Å². The number of piperazine rings is 1. The third-order valence-corrected chi connectivity index (χ3v) is 11.1. The first-order valence-electron chi connectivity index (χ1n) is 15.9. The van der Waals surface area contributed by atoms with E-state index in [1.54, 1.807) is 38.3 Å². The Morgan fingerprint density at radius 2 is 1.72 bits per heavy atom. The Morgan fingerprint density at radius 3 is 2.45 bits per heavy atom. The molecule has 0 spiro atoms. The number of nitrogens with zero attached hydrogens (tertiary/aromatic N) is 2. The molecule has 3 aliphatic rings. The highest BCUT2D eigenvalue weighted by Gasteiger charge is 2.47. The molecule has 246 valence electrons. The predicted octanol–water partition coefficient (Wildman–Crippen LogP) is 5.85. The van der Waals surface area contributed by atoms with E-state index in [-0.39, 0.29) is 41.3 Å². The molecule has 4 aromatic carbocycles. The first kappa shape index (κ1) is 31.4. The fourth-order valence-electron chi connectivity index (χ4n) is 7.57. The predicted molar refractivity (Wildman–Crippen MR) is 178 cm³/mol. The van der Waals surface area contributed by atoms with Gasteiger partial charge in [0.25, 0.3) is 0 Å². The number of aromatic hydroxyl groups is 1. The average molecular weight is 657 g/mol. The van der Waals surface area contributed by atoms with Crippen LogP contribution in [0.4, 0.5) is 0 Å². The summed E-state index contributed by atoms with van der Waals surface area (Å²) in [6.07, 6.45) is 1.21. The quantitative estimate of drug-likeness (QED) is 0.235. The fourth-order valence-corrected chi connectivity index (χ4v) is 8.58. The molecule has 0 saturated carbocycles. The maximum absolute atomic E-state index is 13.7. The van der Waals surface area contributed by atoms with Gasteiger partial charge >= 0.3 is 10.1 Å². The van der Waals surface area contributed by atoms with Crippen LogP contribution < -0.4 is 18.4 Å². The second-order valence-electron chi connectivity index (χ2n) is 12.9. The minimum atomic E-state index is -4.17. The van der Waals surface area contributed by atoms with Gasteiger partial charge in [0.1, 0.15) is 4.90 Å². The minimum Gasteiger partial charge on any atom is -0.504 e. The third kappa shape index (κ3) is 5.58. The summed E-state index contributed by atoms with van der Waals surface area (Å²) in [5.74, 6) is 1.90. The lowest BCUT2D eigenvalue weighted by Gasteiger charge is -2.54. The largest absolute Gasteiger partial charge is 0.504 e. The molecule has 9 nitrogen and oxygen atoms in total. The second kappa shape index (κ2) is 12.1. The summed E-state index contributed by atoms with van der Waals surface area (Å²) in [5.41, 5.74) is 6.22. The van der Waals surface area contributed by atoms with Crippen LogP contribution in [0, 0.1) is 20.8 Å². The zero-order chi connectivity index (χ0) is 33.0. The Balaban J connectivity index is 1.36. The number of benzene rings is 4. The number of ether oxygens (including phenoxy) is 3. The Morgan fingerprint density at radius 1 is 0.979 bits per heavy atom. The Hall–Kier alpha value is -4.25. The van der Waals surface area contributed by atoms with Gasteiger partial charge in [-0.25, -0.2) is 0 Å². The summed E-state index contributed by atoms with van der Waals surface area (Å²) in [4.78, 5) is 4.88. The maximum atomic E-state index is 13.7. The molecule has 0 aromatic heterocycles. The fraction of sp³-hybridized carbons (Fsp3) is 0.351. The highest BCUT2D eigenvalue weighted by Crippen LogP contribution is 2.51. The molecular formula is C37H40N2O7S. The van der Waals surface area contributed by atoms with E-state index in [2.05, 4.69) is 35.0 Å². The SMILES string of the molecule is COc1c(C)cc2c(c1O)[C@@H]1[C@H](Cc3cc4c(c(C)c3OS(=O)(=O)c3ccc(C)cc3)OCO4)N(Cc3ccccc3)C[C@H](C2)N1C. The maximum Gasteiger partial charge on any atom is 0.339 e. The van der Waals surface area contributed by atoms with E-state index < -0.39 is 10.1 Å². The van der Waals surface area contributed by atoms with Gasteiger partial charge in [-0.05, 0) is 75.5 Å². The number of hydrogen-bond donors (Lipinski definition) is 1. The third-order valence-electron chi connectivity index (χ3n) is 9.89. The molecule has 1 N–H and O–H groups in total. The van der Waals surface area contributed by atoms with E-state index >= 15 is 0 Å². The van der Waals surface area contributed by atoms with Crippen LogP contribution in [0.15, 0.2) is 71.6 Å². The molecule has 0 radical (unpaired) electrons. The topological polar surface area (TPSA) is 97.8 Å². The number of phenolic OH excluding ortho intramolecular Hbond substituents is 1. The van der Waals surface area contributed by atoms with Crippen molar-refractivity contribution in [2.24, 2.45) is 0 Å².